The molecule has 0 unspecified atom stereocenters. The van der Waals surface area contributed by atoms with Crippen LogP contribution in [0.1, 0.15) is 35.1 Å². The number of fused-ring (bicyclic) bond motifs is 1. The van der Waals surface area contributed by atoms with E-state index in [1.165, 1.54) is 12.3 Å². The Morgan fingerprint density at radius 3 is 2.78 bits per heavy atom. The van der Waals surface area contributed by atoms with Crippen LogP contribution < -0.4 is 5.32 Å². The topological polar surface area (TPSA) is 97.0 Å². The van der Waals surface area contributed by atoms with E-state index in [1.54, 1.807) is 18.5 Å². The van der Waals surface area contributed by atoms with E-state index in [2.05, 4.69) is 37.2 Å². The minimum Gasteiger partial charge on any atom is -0.448 e. The Hall–Kier alpha value is -3.72. The van der Waals surface area contributed by atoms with E-state index in [0.717, 1.165) is 43.1 Å². The van der Waals surface area contributed by atoms with Crippen LogP contribution in [0.25, 0.3) is 22.0 Å². The number of nitrogens with one attached hydrogen (secondary N) is 1. The average molecular weight is 432 g/mol. The number of benzene rings is 1. The maximum absolute atomic E-state index is 13.5. The zero-order chi connectivity index (χ0) is 22.1. The molecule has 8 nitrogen and oxygen atoms in total. The predicted molar refractivity (Wildman–Crippen MR) is 117 cm³/mol. The van der Waals surface area contributed by atoms with Crippen molar-refractivity contribution >= 4 is 22.8 Å². The Morgan fingerprint density at radius 2 is 1.97 bits per heavy atom. The summed E-state index contributed by atoms with van der Waals surface area (Å²) in [7, 11) is 2.09. The lowest BCUT2D eigenvalue weighted by Gasteiger charge is -2.26. The number of aromatic nitrogens is 4. The third-order valence-electron chi connectivity index (χ3n) is 5.67. The molecule has 9 heteroatoms. The van der Waals surface area contributed by atoms with Gasteiger partial charge < -0.3 is 9.32 Å². The van der Waals surface area contributed by atoms with Gasteiger partial charge in [-0.25, -0.2) is 19.3 Å². The maximum Gasteiger partial charge on any atom is 0.279 e. The summed E-state index contributed by atoms with van der Waals surface area (Å²) in [4.78, 5) is 31.8. The molecule has 32 heavy (non-hydrogen) atoms. The summed E-state index contributed by atoms with van der Waals surface area (Å²) < 4.78 is 19.1. The Kier molecular flexibility index (Phi) is 5.32. The van der Waals surface area contributed by atoms with Gasteiger partial charge in [0.1, 0.15) is 12.1 Å². The van der Waals surface area contributed by atoms with Crippen LogP contribution in [-0.4, -0.2) is 50.9 Å². The third kappa shape index (κ3) is 4.19. The lowest BCUT2D eigenvalue weighted by atomic mass is 9.97. The number of hydrogen-bond acceptors (Lipinski definition) is 7. The molecule has 162 valence electrons. The number of carbonyl (C=O) groups excluding carboxylic acids is 1. The van der Waals surface area contributed by atoms with Gasteiger partial charge in [-0.3, -0.25) is 15.1 Å². The van der Waals surface area contributed by atoms with Gasteiger partial charge in [-0.2, -0.15) is 0 Å². The quantitative estimate of drug-likeness (QED) is 0.523. The van der Waals surface area contributed by atoms with Crippen LogP contribution in [0.5, 0.6) is 0 Å². The molecule has 1 fully saturated rings. The number of piperidine rings is 1. The number of likely N-dealkylation sites (tertiary alicyclic amines) is 1. The molecule has 4 aromatic rings. The van der Waals surface area contributed by atoms with Crippen LogP contribution >= 0.6 is 0 Å². The van der Waals surface area contributed by atoms with Gasteiger partial charge >= 0.3 is 0 Å². The van der Waals surface area contributed by atoms with Gasteiger partial charge in [-0.05, 0) is 50.7 Å². The molecule has 0 saturated carbocycles. The van der Waals surface area contributed by atoms with Crippen LogP contribution in [0.2, 0.25) is 0 Å². The van der Waals surface area contributed by atoms with Crippen molar-refractivity contribution in [3.8, 4) is 11.1 Å². The Balaban J connectivity index is 1.34. The van der Waals surface area contributed by atoms with Crippen molar-refractivity contribution < 1.29 is 13.6 Å². The van der Waals surface area contributed by atoms with E-state index < -0.39 is 11.7 Å². The molecule has 0 spiro atoms. The van der Waals surface area contributed by atoms with Gasteiger partial charge in [0, 0.05) is 29.3 Å². The molecule has 0 bridgehead atoms. The van der Waals surface area contributed by atoms with E-state index in [1.807, 2.05) is 12.1 Å². The number of nitrogens with zero attached hydrogens (tertiary/aromatic N) is 5. The van der Waals surface area contributed by atoms with Gasteiger partial charge in [0.2, 0.25) is 5.95 Å². The van der Waals surface area contributed by atoms with Crippen LogP contribution in [0.3, 0.4) is 0 Å². The van der Waals surface area contributed by atoms with Gasteiger partial charge in [-0.15, -0.1) is 0 Å². The highest BCUT2D eigenvalue weighted by Gasteiger charge is 2.24. The zero-order valence-corrected chi connectivity index (χ0v) is 17.5. The Labute approximate surface area is 183 Å². The molecular formula is C23H21FN6O2. The minimum absolute atomic E-state index is 0.154. The average Bonchev–Trinajstić information content (AvgIpc) is 3.30. The first kappa shape index (κ1) is 20.2. The van der Waals surface area contributed by atoms with Crippen molar-refractivity contribution in [1.29, 1.82) is 0 Å². The largest absolute Gasteiger partial charge is 0.448 e. The molecule has 1 amide bonds. The fourth-order valence-electron chi connectivity index (χ4n) is 3.83. The molecule has 4 heterocycles. The Bertz CT molecular complexity index is 1280. The van der Waals surface area contributed by atoms with Gasteiger partial charge in [0.25, 0.3) is 5.91 Å². The normalized spacial score (nSPS) is 15.2. The number of hydrogen-bond donors (Lipinski definition) is 1. The monoisotopic (exact) mass is 432 g/mol. The number of anilines is 1. The summed E-state index contributed by atoms with van der Waals surface area (Å²) in [5.74, 6) is 0.125. The van der Waals surface area contributed by atoms with Crippen LogP contribution in [0.15, 0.2) is 53.5 Å². The lowest BCUT2D eigenvalue weighted by molar-refractivity contribution is 0.102. The summed E-state index contributed by atoms with van der Waals surface area (Å²) in [6.07, 6.45) is 7.64. The molecule has 5 rings (SSSR count). The SMILES string of the molecule is CN1CCC(c2nc(C(=O)Nc3ncc4ccc(-c5cncc(F)c5)cc4n3)co2)CC1. The summed E-state index contributed by atoms with van der Waals surface area (Å²) >= 11 is 0. The summed E-state index contributed by atoms with van der Waals surface area (Å²) in [5, 5.41) is 3.47. The molecule has 0 aliphatic carbocycles. The molecular weight excluding hydrogens is 411 g/mol. The van der Waals surface area contributed by atoms with Gasteiger partial charge in [-0.1, -0.05) is 12.1 Å². The van der Waals surface area contributed by atoms with Crippen molar-refractivity contribution in [2.45, 2.75) is 18.8 Å². The summed E-state index contributed by atoms with van der Waals surface area (Å²) in [6, 6.07) is 6.90. The second-order valence-corrected chi connectivity index (χ2v) is 7.96. The van der Waals surface area contributed by atoms with Crippen molar-refractivity contribution in [2.24, 2.45) is 0 Å². The fourth-order valence-corrected chi connectivity index (χ4v) is 3.83. The van der Waals surface area contributed by atoms with E-state index >= 15 is 0 Å². The number of oxazole rings is 1. The highest BCUT2D eigenvalue weighted by Crippen LogP contribution is 2.27. The number of amides is 1. The molecule has 1 aromatic carbocycles. The van der Waals surface area contributed by atoms with E-state index in [9.17, 15) is 9.18 Å². The first-order chi connectivity index (χ1) is 15.5. The second kappa shape index (κ2) is 8.43. The van der Waals surface area contributed by atoms with Crippen molar-refractivity contribution in [1.82, 2.24) is 24.8 Å². The predicted octanol–water partition coefficient (Wildman–Crippen LogP) is 3.88. The molecule has 1 aliphatic rings. The Morgan fingerprint density at radius 1 is 1.12 bits per heavy atom. The molecule has 0 radical (unpaired) electrons. The first-order valence-electron chi connectivity index (χ1n) is 10.4. The van der Waals surface area contributed by atoms with Gasteiger partial charge in [0.05, 0.1) is 11.7 Å². The molecule has 0 atom stereocenters. The molecule has 3 aromatic heterocycles. The third-order valence-corrected chi connectivity index (χ3v) is 5.67. The minimum atomic E-state index is -0.433. The van der Waals surface area contributed by atoms with Crippen LogP contribution in [0, 0.1) is 5.82 Å². The standard InChI is InChI=1S/C23H21FN6O2/c1-30-6-4-14(5-7-30)22-27-20(13-32-22)21(31)29-23-26-11-16-3-2-15(9-19(16)28-23)17-8-18(24)12-25-10-17/h2-3,8-14H,4-7H2,1H3,(H,26,28,29,31). The van der Waals surface area contributed by atoms with Crippen LogP contribution in [-0.2, 0) is 0 Å². The van der Waals surface area contributed by atoms with E-state index in [0.29, 0.717) is 17.0 Å². The number of pyridine rings is 1. The summed E-state index contributed by atoms with van der Waals surface area (Å²) in [5.41, 5.74) is 2.21. The highest BCUT2D eigenvalue weighted by atomic mass is 19.1. The first-order valence-corrected chi connectivity index (χ1v) is 10.4. The fraction of sp³-hybridized carbons (Fsp3) is 0.261. The molecule has 1 N–H and O–H groups in total. The lowest BCUT2D eigenvalue weighted by Crippen LogP contribution is -2.29. The van der Waals surface area contributed by atoms with Crippen molar-refractivity contribution in [3.63, 3.8) is 0 Å². The number of carbonyl (C=O) groups is 1. The summed E-state index contributed by atoms with van der Waals surface area (Å²) in [6.45, 7) is 1.96. The van der Waals surface area contributed by atoms with E-state index in [4.69, 9.17) is 4.42 Å². The maximum atomic E-state index is 13.5. The molecule has 1 aliphatic heterocycles. The highest BCUT2D eigenvalue weighted by molar-refractivity contribution is 6.02. The second-order valence-electron chi connectivity index (χ2n) is 7.96. The van der Waals surface area contributed by atoms with E-state index in [-0.39, 0.29) is 17.6 Å². The number of halogens is 1. The smallest absolute Gasteiger partial charge is 0.279 e. The molecule has 1 saturated heterocycles. The van der Waals surface area contributed by atoms with Crippen LogP contribution in [0.4, 0.5) is 10.3 Å². The van der Waals surface area contributed by atoms with Gasteiger partial charge in [0.15, 0.2) is 11.6 Å². The number of rotatable bonds is 4. The van der Waals surface area contributed by atoms with Crippen molar-refractivity contribution in [3.05, 3.63) is 66.5 Å². The zero-order valence-electron chi connectivity index (χ0n) is 17.5. The van der Waals surface area contributed by atoms with Crippen molar-refractivity contribution in [2.75, 3.05) is 25.5 Å².